The van der Waals surface area contributed by atoms with Crippen LogP contribution < -0.4 is 27.4 Å². The van der Waals surface area contributed by atoms with E-state index in [2.05, 4.69) is 20.9 Å². The van der Waals surface area contributed by atoms with E-state index in [0.717, 1.165) is 16.5 Å². The van der Waals surface area contributed by atoms with Crippen LogP contribution in [0.5, 0.6) is 0 Å². The Labute approximate surface area is 214 Å². The molecule has 1 aromatic carbocycles. The number of benzene rings is 1. The van der Waals surface area contributed by atoms with Gasteiger partial charge in [-0.3, -0.25) is 24.0 Å². The summed E-state index contributed by atoms with van der Waals surface area (Å²) in [7, 11) is 0. The van der Waals surface area contributed by atoms with E-state index in [4.69, 9.17) is 16.6 Å². The number of aromatic nitrogens is 1. The van der Waals surface area contributed by atoms with Gasteiger partial charge in [-0.25, -0.2) is 0 Å². The Morgan fingerprint density at radius 2 is 1.57 bits per heavy atom. The van der Waals surface area contributed by atoms with Gasteiger partial charge in [0.1, 0.15) is 18.1 Å². The molecule has 9 N–H and O–H groups in total. The summed E-state index contributed by atoms with van der Waals surface area (Å²) < 4.78 is 0. The lowest BCUT2D eigenvalue weighted by Gasteiger charge is -2.25. The van der Waals surface area contributed by atoms with Gasteiger partial charge in [0.15, 0.2) is 0 Å². The lowest BCUT2D eigenvalue weighted by Crippen LogP contribution is -2.57. The molecule has 1 aromatic heterocycles. The second-order valence-corrected chi connectivity index (χ2v) is 9.50. The highest BCUT2D eigenvalue weighted by atomic mass is 16.4. The fourth-order valence-electron chi connectivity index (χ4n) is 3.79. The Morgan fingerprint density at radius 3 is 2.19 bits per heavy atom. The number of carbonyl (C=O) groups excluding carboxylic acids is 4. The number of primary amides is 1. The first kappa shape index (κ1) is 29.3. The first-order valence-corrected chi connectivity index (χ1v) is 12.1. The van der Waals surface area contributed by atoms with Gasteiger partial charge in [-0.2, -0.15) is 0 Å². The molecule has 12 heteroatoms. The molecule has 2 aromatic rings. The number of aliphatic carboxylic acids is 1. The second kappa shape index (κ2) is 13.4. The number of aromatic amines is 1. The third-order valence-electron chi connectivity index (χ3n) is 5.84. The molecule has 0 spiro atoms. The summed E-state index contributed by atoms with van der Waals surface area (Å²) >= 11 is 0. The Bertz CT molecular complexity index is 1130. The van der Waals surface area contributed by atoms with Crippen LogP contribution in [0.15, 0.2) is 30.5 Å². The summed E-state index contributed by atoms with van der Waals surface area (Å²) in [6, 6.07) is 3.10. The van der Waals surface area contributed by atoms with Crippen LogP contribution in [-0.4, -0.2) is 63.9 Å². The molecule has 2 rings (SSSR count). The number of amides is 4. The molecule has 12 nitrogen and oxygen atoms in total. The first-order chi connectivity index (χ1) is 17.4. The molecule has 4 unspecified atom stereocenters. The highest BCUT2D eigenvalue weighted by Gasteiger charge is 2.30. The van der Waals surface area contributed by atoms with Crippen molar-refractivity contribution in [1.82, 2.24) is 20.9 Å². The predicted molar refractivity (Wildman–Crippen MR) is 137 cm³/mol. The van der Waals surface area contributed by atoms with Gasteiger partial charge in [0.2, 0.25) is 23.6 Å². The van der Waals surface area contributed by atoms with Crippen LogP contribution in [0.3, 0.4) is 0 Å². The third-order valence-corrected chi connectivity index (χ3v) is 5.84. The summed E-state index contributed by atoms with van der Waals surface area (Å²) in [6.45, 7) is 5.04. The molecule has 0 saturated heterocycles. The van der Waals surface area contributed by atoms with E-state index in [-0.39, 0.29) is 31.6 Å². The smallest absolute Gasteiger partial charge is 0.325 e. The van der Waals surface area contributed by atoms with Gasteiger partial charge >= 0.3 is 5.97 Å². The van der Waals surface area contributed by atoms with E-state index < -0.39 is 53.8 Å². The van der Waals surface area contributed by atoms with Gasteiger partial charge in [0, 0.05) is 29.9 Å². The highest BCUT2D eigenvalue weighted by Crippen LogP contribution is 2.19. The molecule has 37 heavy (non-hydrogen) atoms. The Hall–Kier alpha value is -3.93. The van der Waals surface area contributed by atoms with Crippen molar-refractivity contribution in [1.29, 1.82) is 0 Å². The largest absolute Gasteiger partial charge is 0.480 e. The normalized spacial score (nSPS) is 14.4. The number of carboxylic acid groups (broad SMARTS) is 1. The van der Waals surface area contributed by atoms with Crippen LogP contribution >= 0.6 is 0 Å². The summed E-state index contributed by atoms with van der Waals surface area (Å²) in [6.07, 6.45) is 1.98. The number of rotatable bonds is 14. The lowest BCUT2D eigenvalue weighted by molar-refractivity contribution is -0.142. The van der Waals surface area contributed by atoms with Crippen LogP contribution in [0.2, 0.25) is 0 Å². The molecule has 0 aliphatic carbocycles. The first-order valence-electron chi connectivity index (χ1n) is 12.1. The zero-order valence-corrected chi connectivity index (χ0v) is 21.2. The van der Waals surface area contributed by atoms with E-state index in [1.807, 2.05) is 38.1 Å². The van der Waals surface area contributed by atoms with Gasteiger partial charge in [-0.15, -0.1) is 0 Å². The quantitative estimate of drug-likeness (QED) is 0.181. The number of carboxylic acids is 1. The maximum absolute atomic E-state index is 13.4. The molecule has 0 saturated carbocycles. The molecule has 4 atom stereocenters. The minimum atomic E-state index is -1.21. The Kier molecular flexibility index (Phi) is 10.6. The average Bonchev–Trinajstić information content (AvgIpc) is 3.23. The molecule has 0 aliphatic rings. The van der Waals surface area contributed by atoms with Gasteiger partial charge in [-0.05, 0) is 37.3 Å². The number of carbonyl (C=O) groups is 5. The van der Waals surface area contributed by atoms with Crippen molar-refractivity contribution in [3.8, 4) is 0 Å². The molecular weight excluding hydrogens is 480 g/mol. The standard InChI is InChI=1S/C25H36N6O6/c1-13(2)10-19(23(34)29-14(3)25(36)37)31-24(35)20(30-22(33)17(26)8-9-21(27)32)11-15-12-28-18-7-5-4-6-16(15)18/h4-7,12-14,17,19-20,28H,8-11,26H2,1-3H3,(H2,27,32)(H,29,34)(H,30,33)(H,31,35)(H,36,37). The SMILES string of the molecule is CC(C)CC(NC(=O)C(Cc1c[nH]c2ccccc12)NC(=O)C(N)CCC(N)=O)C(=O)NC(C)C(=O)O. The fraction of sp³-hybridized carbons (Fsp3) is 0.480. The van der Waals surface area contributed by atoms with Crippen molar-refractivity contribution in [3.63, 3.8) is 0 Å². The fourth-order valence-corrected chi connectivity index (χ4v) is 3.79. The maximum Gasteiger partial charge on any atom is 0.325 e. The molecule has 202 valence electrons. The van der Waals surface area contributed by atoms with E-state index in [1.165, 1.54) is 6.92 Å². The molecule has 0 bridgehead atoms. The molecule has 1 heterocycles. The zero-order chi connectivity index (χ0) is 27.7. The topological polar surface area (TPSA) is 209 Å². The van der Waals surface area contributed by atoms with Crippen LogP contribution in [0.4, 0.5) is 0 Å². The number of fused-ring (bicyclic) bond motifs is 1. The molecule has 0 fully saturated rings. The minimum Gasteiger partial charge on any atom is -0.480 e. The Morgan fingerprint density at radius 1 is 0.946 bits per heavy atom. The third kappa shape index (κ3) is 8.90. The van der Waals surface area contributed by atoms with Crippen LogP contribution in [0, 0.1) is 5.92 Å². The molecule has 0 radical (unpaired) electrons. The van der Waals surface area contributed by atoms with E-state index >= 15 is 0 Å². The summed E-state index contributed by atoms with van der Waals surface area (Å²) in [4.78, 5) is 64.3. The molecule has 0 aliphatic heterocycles. The van der Waals surface area contributed by atoms with E-state index in [0.29, 0.717) is 0 Å². The average molecular weight is 517 g/mol. The zero-order valence-electron chi connectivity index (χ0n) is 21.2. The van der Waals surface area contributed by atoms with Crippen molar-refractivity contribution in [2.45, 2.75) is 70.6 Å². The van der Waals surface area contributed by atoms with Crippen molar-refractivity contribution >= 4 is 40.5 Å². The number of para-hydroxylation sites is 1. The number of hydrogen-bond acceptors (Lipinski definition) is 6. The summed E-state index contributed by atoms with van der Waals surface area (Å²) in [5.41, 5.74) is 12.6. The van der Waals surface area contributed by atoms with Gasteiger partial charge < -0.3 is 37.5 Å². The summed E-state index contributed by atoms with van der Waals surface area (Å²) in [5.74, 6) is -3.74. The van der Waals surface area contributed by atoms with Crippen molar-refractivity contribution in [2.24, 2.45) is 17.4 Å². The highest BCUT2D eigenvalue weighted by molar-refractivity contribution is 5.95. The number of nitrogens with two attached hydrogens (primary N) is 2. The van der Waals surface area contributed by atoms with Crippen molar-refractivity contribution in [3.05, 3.63) is 36.0 Å². The van der Waals surface area contributed by atoms with E-state index in [1.54, 1.807) is 6.20 Å². The molecule has 4 amide bonds. The maximum atomic E-state index is 13.4. The predicted octanol–water partition coefficient (Wildman–Crippen LogP) is -0.0918. The van der Waals surface area contributed by atoms with E-state index in [9.17, 15) is 24.0 Å². The van der Waals surface area contributed by atoms with Crippen molar-refractivity contribution in [2.75, 3.05) is 0 Å². The van der Waals surface area contributed by atoms with Crippen LogP contribution in [-0.2, 0) is 30.4 Å². The monoisotopic (exact) mass is 516 g/mol. The van der Waals surface area contributed by atoms with Gasteiger partial charge in [0.25, 0.3) is 0 Å². The number of hydrogen-bond donors (Lipinski definition) is 7. The molecular formula is C25H36N6O6. The van der Waals surface area contributed by atoms with Crippen molar-refractivity contribution < 1.29 is 29.1 Å². The minimum absolute atomic E-state index is 0.0000599. The van der Waals surface area contributed by atoms with Crippen LogP contribution in [0.25, 0.3) is 10.9 Å². The summed E-state index contributed by atoms with van der Waals surface area (Å²) in [5, 5.41) is 17.7. The Balaban J connectivity index is 2.27. The lowest BCUT2D eigenvalue weighted by atomic mass is 10.00. The van der Waals surface area contributed by atoms with Gasteiger partial charge in [-0.1, -0.05) is 32.0 Å². The van der Waals surface area contributed by atoms with Crippen LogP contribution in [0.1, 0.15) is 45.6 Å². The number of nitrogens with one attached hydrogen (secondary N) is 4. The second-order valence-electron chi connectivity index (χ2n) is 9.50. The van der Waals surface area contributed by atoms with Gasteiger partial charge in [0.05, 0.1) is 6.04 Å². The number of H-pyrrole nitrogens is 1.